The average molecular weight is 373 g/mol. The summed E-state index contributed by atoms with van der Waals surface area (Å²) in [5.41, 5.74) is 1.40. The number of esters is 1. The van der Waals surface area contributed by atoms with E-state index in [1.54, 1.807) is 17.9 Å². The molecule has 27 heavy (non-hydrogen) atoms. The van der Waals surface area contributed by atoms with Crippen molar-refractivity contribution in [2.24, 2.45) is 0 Å². The highest BCUT2D eigenvalue weighted by molar-refractivity contribution is 5.99. The van der Waals surface area contributed by atoms with Gasteiger partial charge >= 0.3 is 5.97 Å². The van der Waals surface area contributed by atoms with Crippen LogP contribution >= 0.6 is 0 Å². The fourth-order valence-corrected chi connectivity index (χ4v) is 3.63. The number of hydrogen-bond donors (Lipinski definition) is 0. The average Bonchev–Trinajstić information content (AvgIpc) is 2.96. The van der Waals surface area contributed by atoms with Crippen LogP contribution in [0.4, 0.5) is 5.69 Å². The fraction of sp³-hybridized carbons (Fsp3) is 0.550. The quantitative estimate of drug-likeness (QED) is 0.732. The van der Waals surface area contributed by atoms with E-state index in [1.165, 1.54) is 0 Å². The van der Waals surface area contributed by atoms with Crippen molar-refractivity contribution in [3.8, 4) is 0 Å². The maximum atomic E-state index is 12.9. The van der Waals surface area contributed by atoms with Crippen LogP contribution in [-0.4, -0.2) is 73.5 Å². The maximum Gasteiger partial charge on any atom is 0.320 e. The Kier molecular flexibility index (Phi) is 6.45. The molecule has 3 rings (SSSR count). The minimum absolute atomic E-state index is 0.0264. The van der Waals surface area contributed by atoms with Crippen molar-refractivity contribution >= 4 is 23.5 Å². The van der Waals surface area contributed by atoms with Crippen LogP contribution in [0, 0.1) is 0 Å². The molecular formula is C20H27N3O4. The Hall–Kier alpha value is -2.41. The Morgan fingerprint density at radius 3 is 2.67 bits per heavy atom. The molecule has 7 nitrogen and oxygen atoms in total. The number of ether oxygens (including phenoxy) is 1. The predicted molar refractivity (Wildman–Crippen MR) is 102 cm³/mol. The Balaban J connectivity index is 1.62. The molecule has 0 N–H and O–H groups in total. The monoisotopic (exact) mass is 373 g/mol. The molecule has 1 aromatic carbocycles. The zero-order chi connectivity index (χ0) is 19.2. The second-order valence-electron chi connectivity index (χ2n) is 6.93. The summed E-state index contributed by atoms with van der Waals surface area (Å²) in [4.78, 5) is 42.2. The van der Waals surface area contributed by atoms with Gasteiger partial charge < -0.3 is 14.5 Å². The molecule has 0 atom stereocenters. The Morgan fingerprint density at radius 1 is 1.07 bits per heavy atom. The molecule has 0 radical (unpaired) electrons. The first-order valence-electron chi connectivity index (χ1n) is 9.66. The lowest BCUT2D eigenvalue weighted by Crippen LogP contribution is -2.37. The van der Waals surface area contributed by atoms with E-state index < -0.39 is 0 Å². The van der Waals surface area contributed by atoms with Gasteiger partial charge in [0.05, 0.1) is 13.2 Å². The SMILES string of the molecule is CCOC(=O)CN1CCCN(C(=O)c2cccc(N3CCCC3=O)c2)CC1. The van der Waals surface area contributed by atoms with Gasteiger partial charge in [0.2, 0.25) is 5.91 Å². The first kappa shape index (κ1) is 19.4. The first-order chi connectivity index (χ1) is 13.1. The summed E-state index contributed by atoms with van der Waals surface area (Å²) >= 11 is 0. The fourth-order valence-electron chi connectivity index (χ4n) is 3.63. The summed E-state index contributed by atoms with van der Waals surface area (Å²) < 4.78 is 5.01. The van der Waals surface area contributed by atoms with Crippen LogP contribution < -0.4 is 4.90 Å². The van der Waals surface area contributed by atoms with Crippen molar-refractivity contribution in [3.63, 3.8) is 0 Å². The zero-order valence-electron chi connectivity index (χ0n) is 15.9. The largest absolute Gasteiger partial charge is 0.465 e. The van der Waals surface area contributed by atoms with Crippen LogP contribution in [0.1, 0.15) is 36.5 Å². The van der Waals surface area contributed by atoms with Crippen LogP contribution in [0.2, 0.25) is 0 Å². The summed E-state index contributed by atoms with van der Waals surface area (Å²) in [5.74, 6) is -0.134. The number of carbonyl (C=O) groups is 3. The second kappa shape index (κ2) is 8.99. The van der Waals surface area contributed by atoms with E-state index in [4.69, 9.17) is 4.74 Å². The number of anilines is 1. The van der Waals surface area contributed by atoms with Gasteiger partial charge in [0, 0.05) is 50.4 Å². The van der Waals surface area contributed by atoms with Crippen molar-refractivity contribution < 1.29 is 19.1 Å². The van der Waals surface area contributed by atoms with Crippen LogP contribution in [0.15, 0.2) is 24.3 Å². The number of carbonyl (C=O) groups excluding carboxylic acids is 3. The smallest absolute Gasteiger partial charge is 0.320 e. The Bertz CT molecular complexity index is 706. The molecule has 0 aromatic heterocycles. The topological polar surface area (TPSA) is 70.2 Å². The minimum Gasteiger partial charge on any atom is -0.465 e. The number of benzene rings is 1. The molecule has 2 amide bonds. The van der Waals surface area contributed by atoms with Gasteiger partial charge in [0.15, 0.2) is 0 Å². The van der Waals surface area contributed by atoms with Gasteiger partial charge in [-0.25, -0.2) is 0 Å². The van der Waals surface area contributed by atoms with E-state index >= 15 is 0 Å². The lowest BCUT2D eigenvalue weighted by molar-refractivity contribution is -0.144. The number of hydrogen-bond acceptors (Lipinski definition) is 5. The molecule has 1 aromatic rings. The van der Waals surface area contributed by atoms with Crippen molar-refractivity contribution in [2.75, 3.05) is 50.8 Å². The zero-order valence-corrected chi connectivity index (χ0v) is 15.9. The molecule has 2 aliphatic heterocycles. The summed E-state index contributed by atoms with van der Waals surface area (Å²) in [6, 6.07) is 7.32. The summed E-state index contributed by atoms with van der Waals surface area (Å²) in [6.45, 7) is 5.80. The van der Waals surface area contributed by atoms with E-state index in [0.29, 0.717) is 44.8 Å². The molecule has 0 bridgehead atoms. The predicted octanol–water partition coefficient (Wildman–Crippen LogP) is 1.52. The highest BCUT2D eigenvalue weighted by Gasteiger charge is 2.25. The lowest BCUT2D eigenvalue weighted by Gasteiger charge is -2.22. The van der Waals surface area contributed by atoms with E-state index in [2.05, 4.69) is 0 Å². The maximum absolute atomic E-state index is 12.9. The molecule has 146 valence electrons. The first-order valence-corrected chi connectivity index (χ1v) is 9.66. The molecule has 2 saturated heterocycles. The van der Waals surface area contributed by atoms with Crippen molar-refractivity contribution in [3.05, 3.63) is 29.8 Å². The van der Waals surface area contributed by atoms with E-state index in [1.807, 2.05) is 28.0 Å². The van der Waals surface area contributed by atoms with Gasteiger partial charge in [-0.15, -0.1) is 0 Å². The number of rotatable bonds is 5. The molecule has 0 aliphatic carbocycles. The Labute approximate surface area is 159 Å². The number of amides is 2. The normalized spacial score (nSPS) is 18.5. The van der Waals surface area contributed by atoms with Crippen molar-refractivity contribution in [1.82, 2.24) is 9.80 Å². The molecule has 7 heteroatoms. The molecule has 2 heterocycles. The van der Waals surface area contributed by atoms with Gasteiger partial charge in [0.25, 0.3) is 5.91 Å². The summed E-state index contributed by atoms with van der Waals surface area (Å²) in [5, 5.41) is 0. The van der Waals surface area contributed by atoms with Crippen LogP contribution in [0.3, 0.4) is 0 Å². The summed E-state index contributed by atoms with van der Waals surface area (Å²) in [6.07, 6.45) is 2.25. The molecule has 0 saturated carbocycles. The van der Waals surface area contributed by atoms with Gasteiger partial charge in [-0.2, -0.15) is 0 Å². The van der Waals surface area contributed by atoms with E-state index in [-0.39, 0.29) is 24.3 Å². The van der Waals surface area contributed by atoms with Crippen molar-refractivity contribution in [2.45, 2.75) is 26.2 Å². The third-order valence-electron chi connectivity index (χ3n) is 5.01. The molecule has 0 unspecified atom stereocenters. The Morgan fingerprint density at radius 2 is 1.93 bits per heavy atom. The highest BCUT2D eigenvalue weighted by atomic mass is 16.5. The van der Waals surface area contributed by atoms with E-state index in [9.17, 15) is 14.4 Å². The van der Waals surface area contributed by atoms with Crippen LogP contribution in [-0.2, 0) is 14.3 Å². The van der Waals surface area contributed by atoms with Crippen molar-refractivity contribution in [1.29, 1.82) is 0 Å². The lowest BCUT2D eigenvalue weighted by atomic mass is 10.1. The van der Waals surface area contributed by atoms with Gasteiger partial charge in [-0.3, -0.25) is 19.3 Å². The van der Waals surface area contributed by atoms with Crippen LogP contribution in [0.5, 0.6) is 0 Å². The minimum atomic E-state index is -0.222. The standard InChI is InChI=1S/C20H27N3O4/c1-2-27-19(25)15-21-9-5-10-22(13-12-21)20(26)16-6-3-7-17(14-16)23-11-4-8-18(23)24/h3,6-7,14H,2,4-5,8-13,15H2,1H3. The molecule has 0 spiro atoms. The molecular weight excluding hydrogens is 346 g/mol. The van der Waals surface area contributed by atoms with Crippen LogP contribution in [0.25, 0.3) is 0 Å². The van der Waals surface area contributed by atoms with E-state index in [0.717, 1.165) is 25.1 Å². The summed E-state index contributed by atoms with van der Waals surface area (Å²) in [7, 11) is 0. The van der Waals surface area contributed by atoms with Gasteiger partial charge in [-0.1, -0.05) is 6.07 Å². The third kappa shape index (κ3) is 4.86. The molecule has 2 aliphatic rings. The van der Waals surface area contributed by atoms with Gasteiger partial charge in [-0.05, 0) is 38.0 Å². The second-order valence-corrected chi connectivity index (χ2v) is 6.93. The third-order valence-corrected chi connectivity index (χ3v) is 5.01. The highest BCUT2D eigenvalue weighted by Crippen LogP contribution is 2.23. The molecule has 2 fully saturated rings. The number of nitrogens with zero attached hydrogens (tertiary/aromatic N) is 3. The van der Waals surface area contributed by atoms with Gasteiger partial charge in [0.1, 0.15) is 0 Å².